The van der Waals surface area contributed by atoms with Crippen molar-refractivity contribution in [2.24, 2.45) is 0 Å². The molecule has 0 spiro atoms. The SMILES string of the molecule is C[C@H]1CN(c2cc(Oc3ccccc3F)ncn2)CCN1C(=O)COc1ccccc1. The van der Waals surface area contributed by atoms with Gasteiger partial charge in [0.1, 0.15) is 17.9 Å². The molecular weight excluding hydrogens is 399 g/mol. The molecule has 1 saturated heterocycles. The second-order valence-electron chi connectivity index (χ2n) is 7.23. The number of amides is 1. The molecular formula is C23H23FN4O3. The van der Waals surface area contributed by atoms with Crippen molar-refractivity contribution < 1.29 is 18.7 Å². The molecule has 0 N–H and O–H groups in total. The van der Waals surface area contributed by atoms with Crippen molar-refractivity contribution >= 4 is 11.7 Å². The van der Waals surface area contributed by atoms with E-state index in [-0.39, 0.29) is 30.2 Å². The fraction of sp³-hybridized carbons (Fsp3) is 0.261. The third-order valence-electron chi connectivity index (χ3n) is 5.06. The minimum atomic E-state index is -0.457. The minimum absolute atomic E-state index is 0.00247. The Hall–Kier alpha value is -3.68. The molecule has 8 heteroatoms. The summed E-state index contributed by atoms with van der Waals surface area (Å²) < 4.78 is 25.0. The molecule has 2 heterocycles. The zero-order chi connectivity index (χ0) is 21.6. The van der Waals surface area contributed by atoms with Gasteiger partial charge in [-0.3, -0.25) is 4.79 Å². The largest absolute Gasteiger partial charge is 0.484 e. The topological polar surface area (TPSA) is 67.8 Å². The summed E-state index contributed by atoms with van der Waals surface area (Å²) >= 11 is 0. The van der Waals surface area contributed by atoms with Gasteiger partial charge in [-0.05, 0) is 31.2 Å². The summed E-state index contributed by atoms with van der Waals surface area (Å²) in [7, 11) is 0. The first-order chi connectivity index (χ1) is 15.1. The molecule has 0 aliphatic carbocycles. The van der Waals surface area contributed by atoms with Crippen molar-refractivity contribution in [3.63, 3.8) is 0 Å². The Kier molecular flexibility index (Phi) is 6.26. The summed E-state index contributed by atoms with van der Waals surface area (Å²) in [5, 5.41) is 0. The maximum absolute atomic E-state index is 13.8. The Labute approximate surface area is 180 Å². The number of carbonyl (C=O) groups excluding carboxylic acids is 1. The number of para-hydroxylation sites is 2. The van der Waals surface area contributed by atoms with E-state index in [9.17, 15) is 9.18 Å². The van der Waals surface area contributed by atoms with Gasteiger partial charge in [0, 0.05) is 31.7 Å². The van der Waals surface area contributed by atoms with E-state index in [2.05, 4.69) is 14.9 Å². The third-order valence-corrected chi connectivity index (χ3v) is 5.06. The van der Waals surface area contributed by atoms with Gasteiger partial charge < -0.3 is 19.3 Å². The van der Waals surface area contributed by atoms with Crippen molar-refractivity contribution in [2.75, 3.05) is 31.1 Å². The van der Waals surface area contributed by atoms with Crippen molar-refractivity contribution in [1.82, 2.24) is 14.9 Å². The van der Waals surface area contributed by atoms with Gasteiger partial charge in [-0.2, -0.15) is 0 Å². The van der Waals surface area contributed by atoms with E-state index < -0.39 is 5.82 Å². The molecule has 1 aliphatic rings. The Morgan fingerprint density at radius 1 is 1.10 bits per heavy atom. The van der Waals surface area contributed by atoms with Crippen LogP contribution in [0.1, 0.15) is 6.92 Å². The van der Waals surface area contributed by atoms with E-state index in [0.717, 1.165) is 0 Å². The van der Waals surface area contributed by atoms with Gasteiger partial charge in [0.05, 0.1) is 0 Å². The maximum atomic E-state index is 13.8. The predicted molar refractivity (Wildman–Crippen MR) is 114 cm³/mol. The smallest absolute Gasteiger partial charge is 0.260 e. The first-order valence-corrected chi connectivity index (χ1v) is 10.1. The van der Waals surface area contributed by atoms with Crippen LogP contribution in [0.3, 0.4) is 0 Å². The van der Waals surface area contributed by atoms with Crippen LogP contribution < -0.4 is 14.4 Å². The van der Waals surface area contributed by atoms with Crippen LogP contribution in [0.5, 0.6) is 17.4 Å². The average Bonchev–Trinajstić information content (AvgIpc) is 2.80. The predicted octanol–water partition coefficient (Wildman–Crippen LogP) is 3.52. The highest BCUT2D eigenvalue weighted by molar-refractivity contribution is 5.78. The van der Waals surface area contributed by atoms with Crippen LogP contribution in [0.4, 0.5) is 10.2 Å². The van der Waals surface area contributed by atoms with E-state index >= 15 is 0 Å². The summed E-state index contributed by atoms with van der Waals surface area (Å²) in [4.78, 5) is 24.9. The van der Waals surface area contributed by atoms with Crippen molar-refractivity contribution in [3.8, 4) is 17.4 Å². The summed E-state index contributed by atoms with van der Waals surface area (Å²) in [6.07, 6.45) is 1.39. The zero-order valence-corrected chi connectivity index (χ0v) is 17.1. The highest BCUT2D eigenvalue weighted by Crippen LogP contribution is 2.25. The zero-order valence-electron chi connectivity index (χ0n) is 17.1. The van der Waals surface area contributed by atoms with Gasteiger partial charge >= 0.3 is 0 Å². The van der Waals surface area contributed by atoms with Gasteiger partial charge in [0.15, 0.2) is 18.2 Å². The molecule has 1 atom stereocenters. The molecule has 31 heavy (non-hydrogen) atoms. The molecule has 1 amide bonds. The second-order valence-corrected chi connectivity index (χ2v) is 7.23. The van der Waals surface area contributed by atoms with Crippen LogP contribution >= 0.6 is 0 Å². The molecule has 3 aromatic rings. The van der Waals surface area contributed by atoms with Crippen LogP contribution in [0.2, 0.25) is 0 Å². The molecule has 0 radical (unpaired) electrons. The van der Waals surface area contributed by atoms with E-state index in [1.165, 1.54) is 12.4 Å². The number of piperazine rings is 1. The number of rotatable bonds is 6. The molecule has 4 rings (SSSR count). The first kappa shape index (κ1) is 20.6. The van der Waals surface area contributed by atoms with Gasteiger partial charge in [0.25, 0.3) is 5.91 Å². The molecule has 2 aromatic carbocycles. The first-order valence-electron chi connectivity index (χ1n) is 10.1. The lowest BCUT2D eigenvalue weighted by Crippen LogP contribution is -2.55. The quantitative estimate of drug-likeness (QED) is 0.606. The van der Waals surface area contributed by atoms with E-state index in [1.807, 2.05) is 42.2 Å². The molecule has 1 aromatic heterocycles. The summed E-state index contributed by atoms with van der Waals surface area (Å²) in [5.41, 5.74) is 0. The number of ether oxygens (including phenoxy) is 2. The number of nitrogens with zero attached hydrogens (tertiary/aromatic N) is 4. The number of benzene rings is 2. The number of hydrogen-bond donors (Lipinski definition) is 0. The van der Waals surface area contributed by atoms with Crippen LogP contribution in [-0.4, -0.2) is 53.1 Å². The normalized spacial score (nSPS) is 16.1. The lowest BCUT2D eigenvalue weighted by Gasteiger charge is -2.40. The van der Waals surface area contributed by atoms with Crippen molar-refractivity contribution in [3.05, 3.63) is 72.8 Å². The highest BCUT2D eigenvalue weighted by atomic mass is 19.1. The maximum Gasteiger partial charge on any atom is 0.260 e. The minimum Gasteiger partial charge on any atom is -0.484 e. The molecule has 160 valence electrons. The Balaban J connectivity index is 1.36. The molecule has 0 unspecified atom stereocenters. The van der Waals surface area contributed by atoms with Crippen LogP contribution in [0.25, 0.3) is 0 Å². The average molecular weight is 422 g/mol. The van der Waals surface area contributed by atoms with Crippen LogP contribution in [0, 0.1) is 5.82 Å². The Bertz CT molecular complexity index is 1030. The molecule has 1 aliphatic heterocycles. The Morgan fingerprint density at radius 2 is 1.87 bits per heavy atom. The van der Waals surface area contributed by atoms with Crippen LogP contribution in [-0.2, 0) is 4.79 Å². The summed E-state index contributed by atoms with van der Waals surface area (Å²) in [6, 6.07) is 17.1. The molecule has 1 fully saturated rings. The van der Waals surface area contributed by atoms with E-state index in [0.29, 0.717) is 31.2 Å². The molecule has 0 saturated carbocycles. The lowest BCUT2D eigenvalue weighted by atomic mass is 10.2. The van der Waals surface area contributed by atoms with Gasteiger partial charge in [-0.1, -0.05) is 30.3 Å². The lowest BCUT2D eigenvalue weighted by molar-refractivity contribution is -0.135. The molecule has 0 bridgehead atoms. The second kappa shape index (κ2) is 9.42. The standard InChI is InChI=1S/C23H23FN4O3/c1-17-14-27(11-12-28(17)23(29)15-30-18-7-3-2-4-8-18)21-13-22(26-16-25-21)31-20-10-6-5-9-19(20)24/h2-10,13,16-17H,11-12,14-15H2,1H3/t17-/m0/s1. The monoisotopic (exact) mass is 422 g/mol. The third kappa shape index (κ3) is 5.09. The fourth-order valence-electron chi connectivity index (χ4n) is 3.48. The number of carbonyl (C=O) groups is 1. The van der Waals surface area contributed by atoms with Crippen molar-refractivity contribution in [1.29, 1.82) is 0 Å². The summed E-state index contributed by atoms with van der Waals surface area (Å²) in [6.45, 7) is 3.75. The fourth-order valence-corrected chi connectivity index (χ4v) is 3.48. The number of hydrogen-bond acceptors (Lipinski definition) is 6. The summed E-state index contributed by atoms with van der Waals surface area (Å²) in [5.74, 6) is 1.20. The van der Waals surface area contributed by atoms with Gasteiger partial charge in [-0.15, -0.1) is 0 Å². The van der Waals surface area contributed by atoms with Gasteiger partial charge in [-0.25, -0.2) is 14.4 Å². The van der Waals surface area contributed by atoms with E-state index in [4.69, 9.17) is 9.47 Å². The highest BCUT2D eigenvalue weighted by Gasteiger charge is 2.28. The van der Waals surface area contributed by atoms with E-state index in [1.54, 1.807) is 24.3 Å². The van der Waals surface area contributed by atoms with Gasteiger partial charge in [0.2, 0.25) is 5.88 Å². The Morgan fingerprint density at radius 3 is 2.65 bits per heavy atom. The number of aromatic nitrogens is 2. The molecule has 7 nitrogen and oxygen atoms in total. The van der Waals surface area contributed by atoms with Crippen molar-refractivity contribution in [2.45, 2.75) is 13.0 Å². The number of anilines is 1. The van der Waals surface area contributed by atoms with Crippen LogP contribution in [0.15, 0.2) is 67.0 Å². The number of halogens is 1.